The third kappa shape index (κ3) is 3.14. The Morgan fingerprint density at radius 2 is 2.18 bits per heavy atom. The Kier molecular flexibility index (Phi) is 4.43. The molecule has 0 spiro atoms. The molecule has 0 saturated carbocycles. The van der Waals surface area contributed by atoms with Crippen molar-refractivity contribution in [1.29, 1.82) is 0 Å². The number of rotatable bonds is 5. The molecule has 0 bridgehead atoms. The molecule has 0 aliphatic carbocycles. The molecule has 1 fully saturated rings. The summed E-state index contributed by atoms with van der Waals surface area (Å²) in [6, 6.07) is 5.40. The minimum atomic E-state index is -0.401. The lowest BCUT2D eigenvalue weighted by atomic mass is 9.96. The molecule has 1 aromatic carbocycles. The van der Waals surface area contributed by atoms with Crippen LogP contribution in [0.4, 0.5) is 0 Å². The number of aromatic nitrogens is 2. The normalized spacial score (nSPS) is 17.1. The number of hydrogen-bond donors (Lipinski definition) is 2. The molecule has 2 aromatic rings. The Bertz CT molecular complexity index is 656. The van der Waals surface area contributed by atoms with E-state index in [-0.39, 0.29) is 0 Å². The molecule has 3 rings (SSSR count). The molecule has 5 nitrogen and oxygen atoms in total. The van der Waals surface area contributed by atoms with E-state index in [4.69, 9.17) is 10.7 Å². The number of nitrogens with zero attached hydrogens (tertiary/aromatic N) is 2. The molecule has 3 N–H and O–H groups in total. The Morgan fingerprint density at radius 3 is 2.86 bits per heavy atom. The number of carbonyl (C=O) groups excluding carboxylic acids is 1. The van der Waals surface area contributed by atoms with Crippen molar-refractivity contribution in [3.05, 3.63) is 29.6 Å². The summed E-state index contributed by atoms with van der Waals surface area (Å²) in [5.74, 6) is 1.14. The maximum Gasteiger partial charge on any atom is 0.248 e. The largest absolute Gasteiger partial charge is 0.366 e. The minimum Gasteiger partial charge on any atom is -0.366 e. The Labute approximate surface area is 130 Å². The van der Waals surface area contributed by atoms with Gasteiger partial charge in [0.05, 0.1) is 11.0 Å². The van der Waals surface area contributed by atoms with Crippen molar-refractivity contribution < 1.29 is 4.79 Å². The van der Waals surface area contributed by atoms with Crippen LogP contribution in [0.3, 0.4) is 0 Å². The van der Waals surface area contributed by atoms with Gasteiger partial charge in [-0.05, 0) is 57.1 Å². The first kappa shape index (κ1) is 15.0. The zero-order chi connectivity index (χ0) is 15.5. The van der Waals surface area contributed by atoms with Crippen molar-refractivity contribution in [2.24, 2.45) is 5.73 Å². The quantitative estimate of drug-likeness (QED) is 0.891. The summed E-state index contributed by atoms with van der Waals surface area (Å²) >= 11 is 0. The van der Waals surface area contributed by atoms with Gasteiger partial charge in [0.15, 0.2) is 0 Å². The van der Waals surface area contributed by atoms with Crippen LogP contribution in [0.5, 0.6) is 0 Å². The second-order valence-corrected chi connectivity index (χ2v) is 6.19. The van der Waals surface area contributed by atoms with Crippen molar-refractivity contribution in [3.63, 3.8) is 0 Å². The topological polar surface area (TPSA) is 75.0 Å². The van der Waals surface area contributed by atoms with E-state index in [1.54, 1.807) is 12.1 Å². The fourth-order valence-electron chi connectivity index (χ4n) is 3.19. The number of amides is 1. The fourth-order valence-corrected chi connectivity index (χ4v) is 3.19. The highest BCUT2D eigenvalue weighted by Crippen LogP contribution is 2.28. The van der Waals surface area contributed by atoms with E-state index in [0.29, 0.717) is 11.5 Å². The molecule has 1 amide bonds. The van der Waals surface area contributed by atoms with Gasteiger partial charge in [0.2, 0.25) is 5.91 Å². The van der Waals surface area contributed by atoms with Crippen LogP contribution in [0.1, 0.15) is 54.7 Å². The molecule has 1 aromatic heterocycles. The lowest BCUT2D eigenvalue weighted by Gasteiger charge is -2.30. The smallest absolute Gasteiger partial charge is 0.248 e. The molecule has 1 aliphatic heterocycles. The Balaban J connectivity index is 1.70. The Morgan fingerprint density at radius 1 is 1.41 bits per heavy atom. The van der Waals surface area contributed by atoms with Gasteiger partial charge in [0.1, 0.15) is 5.82 Å². The van der Waals surface area contributed by atoms with Gasteiger partial charge < -0.3 is 15.6 Å². The maximum atomic E-state index is 11.3. The number of aromatic amines is 1. The van der Waals surface area contributed by atoms with E-state index < -0.39 is 5.91 Å². The van der Waals surface area contributed by atoms with E-state index >= 15 is 0 Å². The van der Waals surface area contributed by atoms with Crippen molar-refractivity contribution in [1.82, 2.24) is 14.9 Å². The van der Waals surface area contributed by atoms with Gasteiger partial charge in [-0.1, -0.05) is 13.3 Å². The number of piperidine rings is 1. The zero-order valence-corrected chi connectivity index (χ0v) is 13.1. The third-order valence-electron chi connectivity index (χ3n) is 4.59. The minimum absolute atomic E-state index is 0.401. The molecule has 5 heteroatoms. The summed E-state index contributed by atoms with van der Waals surface area (Å²) in [6.07, 6.45) is 4.83. The van der Waals surface area contributed by atoms with Crippen LogP contribution in [-0.4, -0.2) is 40.4 Å². The molecular weight excluding hydrogens is 276 g/mol. The Hall–Kier alpha value is -1.88. The predicted octanol–water partition coefficient (Wildman–Crippen LogP) is 2.64. The van der Waals surface area contributed by atoms with Crippen LogP contribution < -0.4 is 5.73 Å². The summed E-state index contributed by atoms with van der Waals surface area (Å²) in [5.41, 5.74) is 7.67. The molecule has 0 radical (unpaired) electrons. The lowest BCUT2D eigenvalue weighted by Crippen LogP contribution is -2.33. The van der Waals surface area contributed by atoms with Crippen molar-refractivity contribution in [3.8, 4) is 0 Å². The van der Waals surface area contributed by atoms with Gasteiger partial charge >= 0.3 is 0 Å². The van der Waals surface area contributed by atoms with Crippen molar-refractivity contribution in [2.75, 3.05) is 19.6 Å². The molecule has 1 saturated heterocycles. The summed E-state index contributed by atoms with van der Waals surface area (Å²) in [7, 11) is 0. The van der Waals surface area contributed by atoms with Crippen molar-refractivity contribution in [2.45, 2.75) is 38.5 Å². The van der Waals surface area contributed by atoms with E-state index in [2.05, 4.69) is 16.8 Å². The molecule has 2 heterocycles. The molecule has 22 heavy (non-hydrogen) atoms. The standard InChI is InChI=1S/C17H24N4O/c1-2-3-8-21-9-6-12(7-10-21)17-19-14-5-4-13(16(18)22)11-15(14)20-17/h4-5,11-12H,2-3,6-10H2,1H3,(H2,18,22)(H,19,20). The van der Waals surface area contributed by atoms with E-state index in [0.717, 1.165) is 42.8 Å². The first-order chi connectivity index (χ1) is 10.7. The van der Waals surface area contributed by atoms with Gasteiger partial charge in [-0.15, -0.1) is 0 Å². The lowest BCUT2D eigenvalue weighted by molar-refractivity contribution is 0.100. The highest BCUT2D eigenvalue weighted by Gasteiger charge is 2.22. The predicted molar refractivity (Wildman–Crippen MR) is 87.9 cm³/mol. The number of H-pyrrole nitrogens is 1. The van der Waals surface area contributed by atoms with Crippen LogP contribution in [-0.2, 0) is 0 Å². The number of nitrogens with two attached hydrogens (primary N) is 1. The van der Waals surface area contributed by atoms with Crippen LogP contribution in [0.25, 0.3) is 11.0 Å². The van der Waals surface area contributed by atoms with Crippen LogP contribution in [0.15, 0.2) is 18.2 Å². The molecular formula is C17H24N4O. The maximum absolute atomic E-state index is 11.3. The number of hydrogen-bond acceptors (Lipinski definition) is 3. The number of imidazole rings is 1. The second-order valence-electron chi connectivity index (χ2n) is 6.19. The summed E-state index contributed by atoms with van der Waals surface area (Å²) in [5, 5.41) is 0. The summed E-state index contributed by atoms with van der Waals surface area (Å²) < 4.78 is 0. The SMILES string of the molecule is CCCCN1CCC(c2nc3ccc(C(N)=O)cc3[nH]2)CC1. The second kappa shape index (κ2) is 6.48. The fraction of sp³-hybridized carbons (Fsp3) is 0.529. The summed E-state index contributed by atoms with van der Waals surface area (Å²) in [4.78, 5) is 21.9. The van der Waals surface area contributed by atoms with Gasteiger partial charge in [-0.2, -0.15) is 0 Å². The molecule has 118 valence electrons. The number of fused-ring (bicyclic) bond motifs is 1. The van der Waals surface area contributed by atoms with Gasteiger partial charge in [0.25, 0.3) is 0 Å². The number of unbranched alkanes of at least 4 members (excludes halogenated alkanes) is 1. The highest BCUT2D eigenvalue weighted by molar-refractivity contribution is 5.96. The monoisotopic (exact) mass is 300 g/mol. The number of likely N-dealkylation sites (tertiary alicyclic amines) is 1. The molecule has 1 aliphatic rings. The average molecular weight is 300 g/mol. The van der Waals surface area contributed by atoms with Crippen molar-refractivity contribution >= 4 is 16.9 Å². The number of carbonyl (C=O) groups is 1. The van der Waals surface area contributed by atoms with Gasteiger partial charge in [0, 0.05) is 11.5 Å². The summed E-state index contributed by atoms with van der Waals surface area (Å²) in [6.45, 7) is 5.75. The average Bonchev–Trinajstić information content (AvgIpc) is 2.96. The highest BCUT2D eigenvalue weighted by atomic mass is 16.1. The van der Waals surface area contributed by atoms with Crippen LogP contribution >= 0.6 is 0 Å². The van der Waals surface area contributed by atoms with Gasteiger partial charge in [-0.25, -0.2) is 4.98 Å². The number of benzene rings is 1. The zero-order valence-electron chi connectivity index (χ0n) is 13.1. The van der Waals surface area contributed by atoms with E-state index in [9.17, 15) is 4.79 Å². The number of primary amides is 1. The molecule has 0 unspecified atom stereocenters. The molecule has 0 atom stereocenters. The van der Waals surface area contributed by atoms with Crippen LogP contribution in [0.2, 0.25) is 0 Å². The first-order valence-electron chi connectivity index (χ1n) is 8.19. The third-order valence-corrected chi connectivity index (χ3v) is 4.59. The first-order valence-corrected chi connectivity index (χ1v) is 8.19. The number of nitrogens with one attached hydrogen (secondary N) is 1. The van der Waals surface area contributed by atoms with E-state index in [1.165, 1.54) is 19.4 Å². The van der Waals surface area contributed by atoms with Gasteiger partial charge in [-0.3, -0.25) is 4.79 Å². The van der Waals surface area contributed by atoms with Crippen LogP contribution in [0, 0.1) is 0 Å². The van der Waals surface area contributed by atoms with E-state index in [1.807, 2.05) is 6.07 Å².